The summed E-state index contributed by atoms with van der Waals surface area (Å²) in [4.78, 5) is 5.06. The molecule has 1 aliphatic heterocycles. The second-order valence-corrected chi connectivity index (χ2v) is 6.47. The van der Waals surface area contributed by atoms with Crippen LogP contribution in [0.1, 0.15) is 44.4 Å². The topological polar surface area (TPSA) is 12.4 Å². The Kier molecular flexibility index (Phi) is 4.24. The largest absolute Gasteiger partial charge is 0.325 e. The molecule has 0 saturated carbocycles. The summed E-state index contributed by atoms with van der Waals surface area (Å²) in [7, 11) is 0. The van der Waals surface area contributed by atoms with Crippen LogP contribution in [-0.4, -0.2) is 11.3 Å². The maximum atomic E-state index is 5.06. The molecule has 0 amide bonds. The van der Waals surface area contributed by atoms with Gasteiger partial charge in [-0.15, -0.1) is 35.9 Å². The van der Waals surface area contributed by atoms with Crippen LogP contribution < -0.4 is 0 Å². The van der Waals surface area contributed by atoms with E-state index in [1.54, 1.807) is 0 Å². The number of aliphatic imine (C=N–C) groups is 1. The van der Waals surface area contributed by atoms with Crippen molar-refractivity contribution in [2.24, 2.45) is 4.99 Å². The third-order valence-electron chi connectivity index (χ3n) is 4.74. The van der Waals surface area contributed by atoms with Crippen molar-refractivity contribution in [2.75, 3.05) is 0 Å². The van der Waals surface area contributed by atoms with Gasteiger partial charge in [-0.25, -0.2) is 0 Å². The minimum atomic E-state index is -0.139. The molecule has 0 spiro atoms. The Labute approximate surface area is 140 Å². The molecule has 1 radical (unpaired) electrons. The van der Waals surface area contributed by atoms with E-state index in [0.29, 0.717) is 0 Å². The van der Waals surface area contributed by atoms with Crippen LogP contribution in [0.2, 0.25) is 0 Å². The van der Waals surface area contributed by atoms with Crippen LogP contribution >= 0.6 is 0 Å². The number of nitrogens with zero attached hydrogens (tertiary/aromatic N) is 1. The molecule has 2 heteroatoms. The Bertz CT molecular complexity index is 669. The van der Waals surface area contributed by atoms with Crippen LogP contribution in [0, 0.1) is 6.07 Å². The zero-order valence-electron chi connectivity index (χ0n) is 12.9. The first kappa shape index (κ1) is 16.1. The molecule has 2 aromatic carbocycles. The third-order valence-corrected chi connectivity index (χ3v) is 4.74. The molecule has 0 bridgehead atoms. The summed E-state index contributed by atoms with van der Waals surface area (Å²) in [6.07, 6.45) is 0. The van der Waals surface area contributed by atoms with Crippen molar-refractivity contribution in [2.45, 2.75) is 38.6 Å². The summed E-state index contributed by atoms with van der Waals surface area (Å²) in [5.74, 6) is 0. The predicted octanol–water partition coefficient (Wildman–Crippen LogP) is 4.39. The predicted molar refractivity (Wildman–Crippen MR) is 84.5 cm³/mol. The molecule has 1 aliphatic rings. The van der Waals surface area contributed by atoms with Gasteiger partial charge in [0.25, 0.3) is 0 Å². The number of hydrogen-bond donors (Lipinski definition) is 0. The number of hydrogen-bond acceptors (Lipinski definition) is 1. The molecule has 0 atom stereocenters. The first-order valence-corrected chi connectivity index (χ1v) is 7.10. The quantitative estimate of drug-likeness (QED) is 0.567. The summed E-state index contributed by atoms with van der Waals surface area (Å²) < 4.78 is 0. The maximum absolute atomic E-state index is 5.06. The van der Waals surface area contributed by atoms with Crippen LogP contribution in [-0.2, 0) is 25.5 Å². The Hall–Kier alpha value is -1.24. The minimum Gasteiger partial charge on any atom is -0.325 e. The monoisotopic (exact) mass is 455 g/mol. The van der Waals surface area contributed by atoms with Crippen molar-refractivity contribution >= 4 is 5.71 Å². The van der Waals surface area contributed by atoms with Crippen LogP contribution in [0.3, 0.4) is 0 Å². The molecule has 2 aromatic rings. The fourth-order valence-electron chi connectivity index (χ4n) is 2.79. The van der Waals surface area contributed by atoms with E-state index in [2.05, 4.69) is 64.1 Å². The van der Waals surface area contributed by atoms with E-state index in [4.69, 9.17) is 4.99 Å². The molecule has 1 nitrogen and oxygen atoms in total. The van der Waals surface area contributed by atoms with Crippen LogP contribution in [0.25, 0.3) is 0 Å². The van der Waals surface area contributed by atoms with Crippen molar-refractivity contribution in [3.63, 3.8) is 0 Å². The van der Waals surface area contributed by atoms with Crippen molar-refractivity contribution in [1.29, 1.82) is 0 Å². The smallest absolute Gasteiger partial charge is 0.0544 e. The Morgan fingerprint density at radius 1 is 0.905 bits per heavy atom. The van der Waals surface area contributed by atoms with Crippen molar-refractivity contribution in [1.82, 2.24) is 0 Å². The van der Waals surface area contributed by atoms with E-state index in [1.807, 2.05) is 18.2 Å². The summed E-state index contributed by atoms with van der Waals surface area (Å²) in [5, 5.41) is 0. The average molecular weight is 455 g/mol. The van der Waals surface area contributed by atoms with Crippen LogP contribution in [0.15, 0.2) is 53.5 Å². The molecule has 0 saturated heterocycles. The van der Waals surface area contributed by atoms with Crippen LogP contribution in [0.5, 0.6) is 0 Å². The van der Waals surface area contributed by atoms with Gasteiger partial charge in [0.15, 0.2) is 0 Å². The Morgan fingerprint density at radius 3 is 2.24 bits per heavy atom. The van der Waals surface area contributed by atoms with Gasteiger partial charge in [-0.1, -0.05) is 38.1 Å². The fourth-order valence-corrected chi connectivity index (χ4v) is 2.79. The van der Waals surface area contributed by atoms with Gasteiger partial charge in [-0.3, -0.25) is 0 Å². The molecule has 111 valence electrons. The summed E-state index contributed by atoms with van der Waals surface area (Å²) >= 11 is 0. The normalized spacial score (nSPS) is 18.2. The summed E-state index contributed by atoms with van der Waals surface area (Å²) in [5.41, 5.74) is 4.61. The van der Waals surface area contributed by atoms with Gasteiger partial charge < -0.3 is 4.99 Å². The molecular weight excluding hydrogens is 434 g/mol. The standard InChI is InChI=1S/C19H20N.Ir/c1-18(2)16-13-9-8-12-15(16)17(20-19(18,3)4)14-10-6-5-7-11-14;/h5-10,12-13H,1-4H3;/q-1;. The van der Waals surface area contributed by atoms with Crippen molar-refractivity contribution in [3.8, 4) is 0 Å². The van der Waals surface area contributed by atoms with Crippen LogP contribution in [0.4, 0.5) is 0 Å². The second kappa shape index (κ2) is 5.51. The maximum Gasteiger partial charge on any atom is 0.0544 e. The van der Waals surface area contributed by atoms with Crippen molar-refractivity contribution in [3.05, 3.63) is 71.3 Å². The molecule has 0 aromatic heterocycles. The molecule has 21 heavy (non-hydrogen) atoms. The zero-order valence-corrected chi connectivity index (χ0v) is 15.3. The van der Waals surface area contributed by atoms with Gasteiger partial charge in [0.05, 0.1) is 5.54 Å². The zero-order chi connectivity index (χ0) is 14.4. The summed E-state index contributed by atoms with van der Waals surface area (Å²) in [6.45, 7) is 8.99. The molecule has 0 unspecified atom stereocenters. The molecule has 0 fully saturated rings. The Morgan fingerprint density at radius 2 is 1.57 bits per heavy atom. The van der Waals surface area contributed by atoms with Gasteiger partial charge in [-0.2, -0.15) is 0 Å². The first-order chi connectivity index (χ1) is 9.43. The minimum absolute atomic E-state index is 0. The Balaban J connectivity index is 0.00000161. The van der Waals surface area contributed by atoms with E-state index in [9.17, 15) is 0 Å². The van der Waals surface area contributed by atoms with E-state index >= 15 is 0 Å². The van der Waals surface area contributed by atoms with Gasteiger partial charge in [-0.05, 0) is 30.7 Å². The average Bonchev–Trinajstić information content (AvgIpc) is 2.44. The van der Waals surface area contributed by atoms with E-state index in [-0.39, 0.29) is 31.1 Å². The molecule has 0 aliphatic carbocycles. The number of benzene rings is 2. The molecule has 1 heterocycles. The van der Waals surface area contributed by atoms with Gasteiger partial charge >= 0.3 is 0 Å². The van der Waals surface area contributed by atoms with Gasteiger partial charge in [0.1, 0.15) is 0 Å². The number of rotatable bonds is 1. The van der Waals surface area contributed by atoms with Crippen molar-refractivity contribution < 1.29 is 20.1 Å². The number of fused-ring (bicyclic) bond motifs is 1. The van der Waals surface area contributed by atoms with E-state index in [1.165, 1.54) is 11.1 Å². The SMILES string of the molecule is CC1(C)N=C(c2[c-]cccc2)c2ccccc2C1(C)C.[Ir]. The third kappa shape index (κ3) is 2.52. The first-order valence-electron chi connectivity index (χ1n) is 7.10. The molecule has 0 N–H and O–H groups in total. The summed E-state index contributed by atoms with van der Waals surface area (Å²) in [6, 6.07) is 20.0. The van der Waals surface area contributed by atoms with Gasteiger partial charge in [0, 0.05) is 25.5 Å². The fraction of sp³-hybridized carbons (Fsp3) is 0.316. The van der Waals surface area contributed by atoms with E-state index in [0.717, 1.165) is 11.3 Å². The molecular formula is C19H20IrN-. The molecule has 3 rings (SSSR count). The van der Waals surface area contributed by atoms with E-state index < -0.39 is 0 Å². The second-order valence-electron chi connectivity index (χ2n) is 6.47. The van der Waals surface area contributed by atoms with Gasteiger partial charge in [0.2, 0.25) is 0 Å².